The van der Waals surface area contributed by atoms with E-state index in [0.29, 0.717) is 18.8 Å². The van der Waals surface area contributed by atoms with Crippen LogP contribution < -0.4 is 0 Å². The summed E-state index contributed by atoms with van der Waals surface area (Å²) in [7, 11) is 1.55. The standard InChI is InChI=1S/C12H12ClIN2O2S/c1-2-11-15-12(19(13,17)18)8-16(11)7-9-3-5-10(14)6-4-9/h3-6,8H,2,7H2,1H3. The average molecular weight is 411 g/mol. The molecule has 0 radical (unpaired) electrons. The van der Waals surface area contributed by atoms with Crippen LogP contribution in [0, 0.1) is 3.57 Å². The maximum absolute atomic E-state index is 11.3. The second-order valence-corrected chi connectivity index (χ2v) is 7.80. The fourth-order valence-corrected chi connectivity index (χ4v) is 2.80. The van der Waals surface area contributed by atoms with Crippen LogP contribution in [-0.4, -0.2) is 18.0 Å². The number of aromatic nitrogens is 2. The average Bonchev–Trinajstić information content (AvgIpc) is 2.75. The Kier molecular flexibility index (Phi) is 4.52. The molecular weight excluding hydrogens is 399 g/mol. The molecule has 0 aliphatic carbocycles. The maximum atomic E-state index is 11.3. The van der Waals surface area contributed by atoms with E-state index in [4.69, 9.17) is 10.7 Å². The van der Waals surface area contributed by atoms with Gasteiger partial charge in [-0.2, -0.15) is 0 Å². The molecule has 0 bridgehead atoms. The largest absolute Gasteiger partial charge is 0.329 e. The Morgan fingerprint density at radius 3 is 2.47 bits per heavy atom. The molecule has 7 heteroatoms. The van der Waals surface area contributed by atoms with Crippen LogP contribution in [0.5, 0.6) is 0 Å². The number of rotatable bonds is 4. The Morgan fingerprint density at radius 1 is 1.32 bits per heavy atom. The van der Waals surface area contributed by atoms with Gasteiger partial charge in [0.1, 0.15) is 5.82 Å². The molecule has 0 amide bonds. The molecule has 0 aliphatic rings. The highest BCUT2D eigenvalue weighted by molar-refractivity contribution is 14.1. The van der Waals surface area contributed by atoms with Crippen molar-refractivity contribution in [2.45, 2.75) is 24.9 Å². The summed E-state index contributed by atoms with van der Waals surface area (Å²) in [4.78, 5) is 4.06. The molecule has 102 valence electrons. The molecule has 2 rings (SSSR count). The zero-order valence-corrected chi connectivity index (χ0v) is 13.9. The molecule has 4 nitrogen and oxygen atoms in total. The summed E-state index contributed by atoms with van der Waals surface area (Å²) >= 11 is 2.24. The number of halogens is 2. The number of benzene rings is 1. The van der Waals surface area contributed by atoms with Gasteiger partial charge in [0.15, 0.2) is 5.03 Å². The number of nitrogens with zero attached hydrogens (tertiary/aromatic N) is 2. The van der Waals surface area contributed by atoms with Gasteiger partial charge in [0.05, 0.1) is 0 Å². The van der Waals surface area contributed by atoms with Crippen LogP contribution in [0.15, 0.2) is 35.5 Å². The van der Waals surface area contributed by atoms with Gasteiger partial charge in [-0.25, -0.2) is 13.4 Å². The van der Waals surface area contributed by atoms with Gasteiger partial charge < -0.3 is 4.57 Å². The normalized spacial score (nSPS) is 11.7. The Bertz CT molecular complexity index is 680. The SMILES string of the molecule is CCc1nc(S(=O)(=O)Cl)cn1Cc1ccc(I)cc1. The quantitative estimate of drug-likeness (QED) is 0.575. The van der Waals surface area contributed by atoms with Gasteiger partial charge in [0.2, 0.25) is 0 Å². The second kappa shape index (κ2) is 5.80. The lowest BCUT2D eigenvalue weighted by Crippen LogP contribution is -2.03. The van der Waals surface area contributed by atoms with Crippen LogP contribution in [0.1, 0.15) is 18.3 Å². The lowest BCUT2D eigenvalue weighted by Gasteiger charge is -2.06. The van der Waals surface area contributed by atoms with Gasteiger partial charge in [0.25, 0.3) is 9.05 Å². The number of imidazole rings is 1. The van der Waals surface area contributed by atoms with Crippen LogP contribution in [0.4, 0.5) is 0 Å². The molecule has 0 spiro atoms. The first-order chi connectivity index (χ1) is 8.90. The summed E-state index contributed by atoms with van der Waals surface area (Å²) in [6, 6.07) is 8.04. The van der Waals surface area contributed by atoms with Gasteiger partial charge in [-0.15, -0.1) is 0 Å². The molecule has 1 aromatic carbocycles. The zero-order chi connectivity index (χ0) is 14.0. The number of hydrogen-bond acceptors (Lipinski definition) is 3. The van der Waals surface area contributed by atoms with Gasteiger partial charge in [-0.05, 0) is 40.3 Å². The third kappa shape index (κ3) is 3.70. The monoisotopic (exact) mass is 410 g/mol. The topological polar surface area (TPSA) is 52.0 Å². The first-order valence-electron chi connectivity index (χ1n) is 5.65. The maximum Gasteiger partial charge on any atom is 0.280 e. The van der Waals surface area contributed by atoms with E-state index in [-0.39, 0.29) is 5.03 Å². The van der Waals surface area contributed by atoms with E-state index in [1.54, 1.807) is 0 Å². The molecule has 19 heavy (non-hydrogen) atoms. The summed E-state index contributed by atoms with van der Waals surface area (Å²) in [6.45, 7) is 2.51. The van der Waals surface area contributed by atoms with Gasteiger partial charge in [-0.1, -0.05) is 19.1 Å². The summed E-state index contributed by atoms with van der Waals surface area (Å²) in [5.41, 5.74) is 1.09. The summed E-state index contributed by atoms with van der Waals surface area (Å²) in [5, 5.41) is -0.0865. The first kappa shape index (κ1) is 14.8. The summed E-state index contributed by atoms with van der Waals surface area (Å²) in [6.07, 6.45) is 2.13. The molecule has 1 aromatic heterocycles. The van der Waals surface area contributed by atoms with Crippen LogP contribution >= 0.6 is 33.3 Å². The fraction of sp³-hybridized carbons (Fsp3) is 0.250. The molecule has 2 aromatic rings. The van der Waals surface area contributed by atoms with Crippen LogP contribution in [0.3, 0.4) is 0 Å². The molecule has 0 aliphatic heterocycles. The Morgan fingerprint density at radius 2 is 1.95 bits per heavy atom. The highest BCUT2D eigenvalue weighted by atomic mass is 127. The predicted octanol–water partition coefficient (Wildman–Crippen LogP) is 3.03. The minimum absolute atomic E-state index is 0.0865. The predicted molar refractivity (Wildman–Crippen MR) is 82.9 cm³/mol. The molecule has 0 saturated carbocycles. The van der Waals surface area contributed by atoms with Gasteiger partial charge in [-0.3, -0.25) is 0 Å². The molecule has 0 saturated heterocycles. The number of hydrogen-bond donors (Lipinski definition) is 0. The van der Waals surface area contributed by atoms with Gasteiger partial charge in [0, 0.05) is 33.4 Å². The Hall–Kier alpha value is -0.600. The molecule has 0 unspecified atom stereocenters. The van der Waals surface area contributed by atoms with Crippen molar-refractivity contribution in [3.63, 3.8) is 0 Å². The number of aryl methyl sites for hydroxylation is 1. The summed E-state index contributed by atoms with van der Waals surface area (Å²) in [5.74, 6) is 0.706. The van der Waals surface area contributed by atoms with E-state index in [1.807, 2.05) is 35.8 Å². The third-order valence-electron chi connectivity index (χ3n) is 2.67. The van der Waals surface area contributed by atoms with Crippen molar-refractivity contribution in [2.24, 2.45) is 0 Å². The lowest BCUT2D eigenvalue weighted by molar-refractivity contribution is 0.606. The molecule has 0 atom stereocenters. The zero-order valence-electron chi connectivity index (χ0n) is 10.2. The lowest BCUT2D eigenvalue weighted by atomic mass is 10.2. The van der Waals surface area contributed by atoms with Gasteiger partial charge >= 0.3 is 0 Å². The van der Waals surface area contributed by atoms with Crippen molar-refractivity contribution in [2.75, 3.05) is 0 Å². The van der Waals surface area contributed by atoms with E-state index in [1.165, 1.54) is 6.20 Å². The van der Waals surface area contributed by atoms with Crippen LogP contribution in [-0.2, 0) is 22.0 Å². The minimum atomic E-state index is -3.77. The smallest absolute Gasteiger partial charge is 0.280 e. The Balaban J connectivity index is 2.34. The highest BCUT2D eigenvalue weighted by Crippen LogP contribution is 2.17. The van der Waals surface area contributed by atoms with E-state index in [0.717, 1.165) is 9.13 Å². The van der Waals surface area contributed by atoms with Crippen molar-refractivity contribution < 1.29 is 8.42 Å². The van der Waals surface area contributed by atoms with Crippen molar-refractivity contribution >= 4 is 42.3 Å². The van der Waals surface area contributed by atoms with Crippen molar-refractivity contribution in [3.8, 4) is 0 Å². The molecule has 1 heterocycles. The van der Waals surface area contributed by atoms with Crippen molar-refractivity contribution in [1.29, 1.82) is 0 Å². The van der Waals surface area contributed by atoms with Crippen LogP contribution in [0.25, 0.3) is 0 Å². The van der Waals surface area contributed by atoms with Crippen molar-refractivity contribution in [3.05, 3.63) is 45.4 Å². The molecule has 0 N–H and O–H groups in total. The van der Waals surface area contributed by atoms with E-state index >= 15 is 0 Å². The second-order valence-electron chi connectivity index (χ2n) is 4.04. The minimum Gasteiger partial charge on any atom is -0.329 e. The van der Waals surface area contributed by atoms with E-state index in [9.17, 15) is 8.42 Å². The van der Waals surface area contributed by atoms with Crippen molar-refractivity contribution in [1.82, 2.24) is 9.55 Å². The third-order valence-corrected chi connectivity index (χ3v) is 4.56. The summed E-state index contributed by atoms with van der Waals surface area (Å²) < 4.78 is 25.6. The Labute approximate surface area is 130 Å². The molecule has 0 fully saturated rings. The van der Waals surface area contributed by atoms with Crippen LogP contribution in [0.2, 0.25) is 0 Å². The molecular formula is C12H12ClIN2O2S. The highest BCUT2D eigenvalue weighted by Gasteiger charge is 2.17. The van der Waals surface area contributed by atoms with E-state index in [2.05, 4.69) is 27.6 Å². The fourth-order valence-electron chi connectivity index (χ4n) is 1.75. The first-order valence-corrected chi connectivity index (χ1v) is 9.04. The van der Waals surface area contributed by atoms with E-state index < -0.39 is 9.05 Å².